The molecule has 0 N–H and O–H groups in total. The SMILES string of the molecule is c1ccc(-c2nc(-c3ccccc3)nc(-c3cccc(-c4ccc(-c5cccc(-c6nc7ccccc7c7ccccc67)n5)cc4)c3)n2)cc1. The van der Waals surface area contributed by atoms with Gasteiger partial charge in [-0.2, -0.15) is 0 Å². The van der Waals surface area contributed by atoms with Crippen molar-refractivity contribution in [2.45, 2.75) is 0 Å². The van der Waals surface area contributed by atoms with Gasteiger partial charge in [-0.3, -0.25) is 0 Å². The lowest BCUT2D eigenvalue weighted by molar-refractivity contribution is 1.07. The first-order valence-electron chi connectivity index (χ1n) is 16.6. The third-order valence-electron chi connectivity index (χ3n) is 8.93. The Morgan fingerprint density at radius 3 is 1.46 bits per heavy atom. The van der Waals surface area contributed by atoms with Gasteiger partial charge < -0.3 is 0 Å². The van der Waals surface area contributed by atoms with Crippen LogP contribution in [0.25, 0.3) is 89.6 Å². The van der Waals surface area contributed by atoms with Crippen LogP contribution in [0.1, 0.15) is 0 Å². The fourth-order valence-electron chi connectivity index (χ4n) is 6.44. The van der Waals surface area contributed by atoms with Crippen molar-refractivity contribution in [2.75, 3.05) is 0 Å². The zero-order valence-electron chi connectivity index (χ0n) is 27.0. The molecule has 0 amide bonds. The van der Waals surface area contributed by atoms with Crippen molar-refractivity contribution in [3.05, 3.63) is 176 Å². The van der Waals surface area contributed by atoms with Gasteiger partial charge in [-0.05, 0) is 40.8 Å². The summed E-state index contributed by atoms with van der Waals surface area (Å²) in [7, 11) is 0. The molecule has 0 bridgehead atoms. The fourth-order valence-corrected chi connectivity index (χ4v) is 6.44. The lowest BCUT2D eigenvalue weighted by Gasteiger charge is -2.11. The smallest absolute Gasteiger partial charge is 0.164 e. The van der Waals surface area contributed by atoms with Crippen molar-refractivity contribution >= 4 is 21.7 Å². The zero-order valence-corrected chi connectivity index (χ0v) is 27.0. The number of benzene rings is 6. The van der Waals surface area contributed by atoms with E-state index in [9.17, 15) is 0 Å². The van der Waals surface area contributed by atoms with E-state index in [2.05, 4.69) is 103 Å². The molecule has 5 heteroatoms. The Hall–Kier alpha value is -6.85. The summed E-state index contributed by atoms with van der Waals surface area (Å²) in [4.78, 5) is 24.9. The number of pyridine rings is 2. The van der Waals surface area contributed by atoms with Crippen LogP contribution in [0.15, 0.2) is 176 Å². The van der Waals surface area contributed by atoms with Crippen LogP contribution in [0.5, 0.6) is 0 Å². The highest BCUT2D eigenvalue weighted by molar-refractivity contribution is 6.10. The molecule has 5 nitrogen and oxygen atoms in total. The van der Waals surface area contributed by atoms with Gasteiger partial charge in [0, 0.05) is 33.0 Å². The van der Waals surface area contributed by atoms with E-state index < -0.39 is 0 Å². The summed E-state index contributed by atoms with van der Waals surface area (Å²) < 4.78 is 0. The number of nitrogens with zero attached hydrogens (tertiary/aromatic N) is 5. The van der Waals surface area contributed by atoms with E-state index in [0.717, 1.165) is 66.8 Å². The van der Waals surface area contributed by atoms with Gasteiger partial charge in [0.2, 0.25) is 0 Å². The van der Waals surface area contributed by atoms with Crippen LogP contribution in [0.3, 0.4) is 0 Å². The fraction of sp³-hybridized carbons (Fsp3) is 0. The highest BCUT2D eigenvalue weighted by Crippen LogP contribution is 2.33. The Kier molecular flexibility index (Phi) is 7.41. The molecule has 0 fully saturated rings. The second-order valence-corrected chi connectivity index (χ2v) is 12.1. The highest BCUT2D eigenvalue weighted by Gasteiger charge is 2.14. The predicted octanol–water partition coefficient (Wildman–Crippen LogP) is 11.0. The van der Waals surface area contributed by atoms with E-state index in [0.29, 0.717) is 17.5 Å². The minimum absolute atomic E-state index is 0.631. The molecule has 0 unspecified atom stereocenters. The van der Waals surface area contributed by atoms with E-state index >= 15 is 0 Å². The lowest BCUT2D eigenvalue weighted by atomic mass is 10.00. The molecule has 0 radical (unpaired) electrons. The Labute approximate surface area is 289 Å². The molecule has 3 aromatic heterocycles. The second-order valence-electron chi connectivity index (χ2n) is 12.1. The van der Waals surface area contributed by atoms with Gasteiger partial charge >= 0.3 is 0 Å². The summed E-state index contributed by atoms with van der Waals surface area (Å²) in [5.41, 5.74) is 9.62. The van der Waals surface area contributed by atoms with Gasteiger partial charge in [0.1, 0.15) is 0 Å². The Balaban J connectivity index is 1.06. The Bertz CT molecular complexity index is 2580. The Morgan fingerprint density at radius 2 is 0.760 bits per heavy atom. The maximum atomic E-state index is 5.11. The molecular weight excluding hydrogens is 611 g/mol. The van der Waals surface area contributed by atoms with E-state index in [1.54, 1.807) is 0 Å². The number of para-hydroxylation sites is 1. The molecule has 3 heterocycles. The number of rotatable bonds is 6. The Morgan fingerprint density at radius 1 is 0.260 bits per heavy atom. The summed E-state index contributed by atoms with van der Waals surface area (Å²) in [6.07, 6.45) is 0. The summed E-state index contributed by atoms with van der Waals surface area (Å²) in [5, 5.41) is 3.42. The van der Waals surface area contributed by atoms with Crippen molar-refractivity contribution < 1.29 is 0 Å². The van der Waals surface area contributed by atoms with Gasteiger partial charge in [0.05, 0.1) is 22.6 Å². The van der Waals surface area contributed by atoms with Crippen molar-refractivity contribution in [1.29, 1.82) is 0 Å². The van der Waals surface area contributed by atoms with Crippen molar-refractivity contribution in [3.63, 3.8) is 0 Å². The van der Waals surface area contributed by atoms with Gasteiger partial charge in [-0.1, -0.05) is 152 Å². The summed E-state index contributed by atoms with van der Waals surface area (Å²) >= 11 is 0. The first-order chi connectivity index (χ1) is 24.8. The summed E-state index contributed by atoms with van der Waals surface area (Å²) in [6.45, 7) is 0. The van der Waals surface area contributed by atoms with Crippen LogP contribution in [-0.4, -0.2) is 24.9 Å². The molecule has 0 aliphatic heterocycles. The topological polar surface area (TPSA) is 64.5 Å². The van der Waals surface area contributed by atoms with Crippen LogP contribution < -0.4 is 0 Å². The largest absolute Gasteiger partial charge is 0.246 e. The molecule has 0 spiro atoms. The van der Waals surface area contributed by atoms with Crippen molar-refractivity contribution in [3.8, 4) is 67.9 Å². The monoisotopic (exact) mass is 639 g/mol. The van der Waals surface area contributed by atoms with Crippen LogP contribution in [0.4, 0.5) is 0 Å². The number of fused-ring (bicyclic) bond motifs is 3. The van der Waals surface area contributed by atoms with Gasteiger partial charge in [-0.15, -0.1) is 0 Å². The standard InChI is InChI=1S/C45H29N5/c1-3-13-32(14-4-1)43-48-44(33-15-5-2-6-16-33)50-45(49-43)35-18-11-17-34(29-35)30-25-27-31(28-26-30)39-23-12-24-41(46-39)42-38-21-8-7-19-36(38)37-20-9-10-22-40(37)47-42/h1-29H. The van der Waals surface area contributed by atoms with Gasteiger partial charge in [0.25, 0.3) is 0 Å². The van der Waals surface area contributed by atoms with Crippen LogP contribution in [0, 0.1) is 0 Å². The maximum absolute atomic E-state index is 5.11. The molecule has 50 heavy (non-hydrogen) atoms. The minimum Gasteiger partial charge on any atom is -0.246 e. The number of hydrogen-bond donors (Lipinski definition) is 0. The number of aromatic nitrogens is 5. The molecule has 0 aliphatic carbocycles. The van der Waals surface area contributed by atoms with E-state index in [4.69, 9.17) is 24.9 Å². The molecular formula is C45H29N5. The first kappa shape index (κ1) is 29.3. The minimum atomic E-state index is 0.631. The molecule has 0 atom stereocenters. The normalized spacial score (nSPS) is 11.2. The molecule has 9 aromatic rings. The maximum Gasteiger partial charge on any atom is 0.164 e. The third kappa shape index (κ3) is 5.57. The lowest BCUT2D eigenvalue weighted by Crippen LogP contribution is -2.00. The second kappa shape index (κ2) is 12.6. The van der Waals surface area contributed by atoms with Crippen LogP contribution in [0.2, 0.25) is 0 Å². The molecule has 0 aliphatic rings. The quantitative estimate of drug-likeness (QED) is 0.169. The van der Waals surface area contributed by atoms with Crippen molar-refractivity contribution in [1.82, 2.24) is 24.9 Å². The van der Waals surface area contributed by atoms with E-state index in [1.165, 1.54) is 5.39 Å². The van der Waals surface area contributed by atoms with Gasteiger partial charge in [-0.25, -0.2) is 24.9 Å². The summed E-state index contributed by atoms with van der Waals surface area (Å²) in [5.74, 6) is 1.92. The highest BCUT2D eigenvalue weighted by atomic mass is 15.0. The first-order valence-corrected chi connectivity index (χ1v) is 16.6. The molecule has 9 rings (SSSR count). The average Bonchev–Trinajstić information content (AvgIpc) is 3.21. The predicted molar refractivity (Wildman–Crippen MR) is 203 cm³/mol. The van der Waals surface area contributed by atoms with Crippen LogP contribution >= 0.6 is 0 Å². The molecule has 6 aromatic carbocycles. The number of hydrogen-bond acceptors (Lipinski definition) is 5. The average molecular weight is 640 g/mol. The van der Waals surface area contributed by atoms with Crippen molar-refractivity contribution in [2.24, 2.45) is 0 Å². The van der Waals surface area contributed by atoms with Crippen LogP contribution in [-0.2, 0) is 0 Å². The summed E-state index contributed by atoms with van der Waals surface area (Å²) in [6, 6.07) is 59.9. The van der Waals surface area contributed by atoms with E-state index in [-0.39, 0.29) is 0 Å². The molecule has 0 saturated heterocycles. The molecule has 234 valence electrons. The molecule has 0 saturated carbocycles. The van der Waals surface area contributed by atoms with E-state index in [1.807, 2.05) is 72.8 Å². The van der Waals surface area contributed by atoms with Gasteiger partial charge in [0.15, 0.2) is 17.5 Å². The third-order valence-corrected chi connectivity index (χ3v) is 8.93. The zero-order chi connectivity index (χ0) is 33.3.